The molecule has 1 saturated heterocycles. The van der Waals surface area contributed by atoms with E-state index < -0.39 is 6.10 Å². The van der Waals surface area contributed by atoms with Gasteiger partial charge in [0, 0.05) is 6.61 Å². The van der Waals surface area contributed by atoms with Gasteiger partial charge < -0.3 is 9.84 Å². The smallest absolute Gasteiger partial charge is 0.126 e. The largest absolute Gasteiger partial charge is 0.388 e. The third-order valence-corrected chi connectivity index (χ3v) is 5.02. The second kappa shape index (κ2) is 5.45. The van der Waals surface area contributed by atoms with Gasteiger partial charge in [-0.3, -0.25) is 0 Å². The molecule has 0 amide bonds. The zero-order valence-corrected chi connectivity index (χ0v) is 12.1. The van der Waals surface area contributed by atoms with E-state index in [0.717, 1.165) is 37.9 Å². The number of aliphatic hydroxyl groups is 1. The van der Waals surface area contributed by atoms with E-state index in [-0.39, 0.29) is 17.3 Å². The molecule has 1 aromatic carbocycles. The lowest BCUT2D eigenvalue weighted by molar-refractivity contribution is -0.113. The Morgan fingerprint density at radius 3 is 2.80 bits per heavy atom. The van der Waals surface area contributed by atoms with Crippen molar-refractivity contribution in [2.45, 2.75) is 57.2 Å². The molecular weight excluding hydrogens is 255 g/mol. The van der Waals surface area contributed by atoms with Crippen molar-refractivity contribution < 1.29 is 14.2 Å². The minimum atomic E-state index is -0.504. The van der Waals surface area contributed by atoms with Gasteiger partial charge in [-0.1, -0.05) is 25.0 Å². The number of ether oxygens (including phenoxy) is 1. The summed E-state index contributed by atoms with van der Waals surface area (Å²) in [6.45, 7) is 2.48. The van der Waals surface area contributed by atoms with Gasteiger partial charge in [0.05, 0.1) is 11.7 Å². The lowest BCUT2D eigenvalue weighted by Crippen LogP contribution is -2.39. The summed E-state index contributed by atoms with van der Waals surface area (Å²) in [5, 5.41) is 10.6. The molecule has 1 saturated carbocycles. The van der Waals surface area contributed by atoms with Crippen LogP contribution in [0.2, 0.25) is 0 Å². The van der Waals surface area contributed by atoms with Crippen molar-refractivity contribution >= 4 is 0 Å². The van der Waals surface area contributed by atoms with Crippen LogP contribution in [-0.4, -0.2) is 17.3 Å². The van der Waals surface area contributed by atoms with Gasteiger partial charge in [-0.05, 0) is 55.7 Å². The van der Waals surface area contributed by atoms with Crippen LogP contribution in [0.5, 0.6) is 0 Å². The Morgan fingerprint density at radius 1 is 1.35 bits per heavy atom. The minimum absolute atomic E-state index is 0.0129. The van der Waals surface area contributed by atoms with Crippen LogP contribution in [0.15, 0.2) is 18.2 Å². The van der Waals surface area contributed by atoms with Crippen LogP contribution in [-0.2, 0) is 4.74 Å². The summed E-state index contributed by atoms with van der Waals surface area (Å²) in [5.74, 6) is 0.0203. The fourth-order valence-electron chi connectivity index (χ4n) is 3.83. The lowest BCUT2D eigenvalue weighted by Gasteiger charge is -2.40. The summed E-state index contributed by atoms with van der Waals surface area (Å²) in [4.78, 5) is 0. The first kappa shape index (κ1) is 14.0. The predicted molar refractivity (Wildman–Crippen MR) is 76.0 cm³/mol. The fraction of sp³-hybridized carbons (Fsp3) is 0.647. The van der Waals surface area contributed by atoms with Crippen molar-refractivity contribution in [3.05, 3.63) is 35.1 Å². The Morgan fingerprint density at radius 2 is 2.10 bits per heavy atom. The molecule has 1 heterocycles. The van der Waals surface area contributed by atoms with Gasteiger partial charge in [-0.2, -0.15) is 0 Å². The molecule has 2 fully saturated rings. The number of rotatable bonds is 2. The van der Waals surface area contributed by atoms with Crippen LogP contribution >= 0.6 is 0 Å². The molecule has 110 valence electrons. The number of hydrogen-bond donors (Lipinski definition) is 1. The highest BCUT2D eigenvalue weighted by atomic mass is 19.1. The Labute approximate surface area is 120 Å². The van der Waals surface area contributed by atoms with Crippen molar-refractivity contribution in [3.8, 4) is 0 Å². The maximum atomic E-state index is 13.3. The zero-order valence-electron chi connectivity index (χ0n) is 12.1. The topological polar surface area (TPSA) is 29.5 Å². The van der Waals surface area contributed by atoms with E-state index in [1.165, 1.54) is 18.9 Å². The van der Waals surface area contributed by atoms with Crippen LogP contribution in [0.25, 0.3) is 0 Å². The zero-order chi connectivity index (χ0) is 14.2. The molecular formula is C17H23FO2. The van der Waals surface area contributed by atoms with Crippen molar-refractivity contribution in [2.24, 2.45) is 5.92 Å². The average Bonchev–Trinajstić information content (AvgIpc) is 2.89. The van der Waals surface area contributed by atoms with Crippen LogP contribution in [0.3, 0.4) is 0 Å². The van der Waals surface area contributed by atoms with Crippen molar-refractivity contribution in [2.75, 3.05) is 6.61 Å². The highest BCUT2D eigenvalue weighted by Crippen LogP contribution is 2.45. The molecule has 1 aromatic rings. The van der Waals surface area contributed by atoms with E-state index in [0.29, 0.717) is 5.56 Å². The highest BCUT2D eigenvalue weighted by molar-refractivity contribution is 5.26. The molecule has 1 spiro atoms. The van der Waals surface area contributed by atoms with Gasteiger partial charge in [-0.25, -0.2) is 4.39 Å². The fourth-order valence-corrected chi connectivity index (χ4v) is 3.83. The number of benzene rings is 1. The van der Waals surface area contributed by atoms with Crippen LogP contribution < -0.4 is 0 Å². The molecule has 2 unspecified atom stereocenters. The quantitative estimate of drug-likeness (QED) is 0.889. The van der Waals surface area contributed by atoms with E-state index in [1.54, 1.807) is 19.1 Å². The first-order chi connectivity index (χ1) is 9.60. The standard InChI is InChI=1S/C17H23FO2/c1-12-10-13(4-5-15(12)18)16(19)14-6-9-20-17(11-14)7-2-3-8-17/h4-5,10,14,16,19H,2-3,6-9,11H2,1H3. The molecule has 2 aliphatic rings. The van der Waals surface area contributed by atoms with Crippen LogP contribution in [0, 0.1) is 18.7 Å². The number of aryl methyl sites for hydroxylation is 1. The first-order valence-corrected chi connectivity index (χ1v) is 7.68. The molecule has 1 N–H and O–H groups in total. The highest BCUT2D eigenvalue weighted by Gasteiger charge is 2.41. The van der Waals surface area contributed by atoms with Gasteiger partial charge in [-0.15, -0.1) is 0 Å². The Kier molecular flexibility index (Phi) is 3.83. The normalized spacial score (nSPS) is 26.9. The van der Waals surface area contributed by atoms with Gasteiger partial charge in [0.2, 0.25) is 0 Å². The number of hydrogen-bond acceptors (Lipinski definition) is 2. The maximum absolute atomic E-state index is 13.3. The SMILES string of the molecule is Cc1cc(C(O)C2CCOC3(CCCC3)C2)ccc1F. The van der Waals surface area contributed by atoms with Crippen molar-refractivity contribution in [3.63, 3.8) is 0 Å². The summed E-state index contributed by atoms with van der Waals surface area (Å²) >= 11 is 0. The third-order valence-electron chi connectivity index (χ3n) is 5.02. The molecule has 2 atom stereocenters. The second-order valence-corrected chi connectivity index (χ2v) is 6.44. The Hall–Kier alpha value is -0.930. The predicted octanol–water partition coefficient (Wildman–Crippen LogP) is 3.91. The van der Waals surface area contributed by atoms with Crippen LogP contribution in [0.1, 0.15) is 55.8 Å². The second-order valence-electron chi connectivity index (χ2n) is 6.44. The molecule has 1 aliphatic carbocycles. The number of aliphatic hydroxyl groups excluding tert-OH is 1. The first-order valence-electron chi connectivity index (χ1n) is 7.68. The van der Waals surface area contributed by atoms with Crippen molar-refractivity contribution in [1.82, 2.24) is 0 Å². The summed E-state index contributed by atoms with van der Waals surface area (Å²) < 4.78 is 19.4. The van der Waals surface area contributed by atoms with E-state index in [4.69, 9.17) is 4.74 Å². The monoisotopic (exact) mass is 278 g/mol. The van der Waals surface area contributed by atoms with Crippen molar-refractivity contribution in [1.29, 1.82) is 0 Å². The van der Waals surface area contributed by atoms with E-state index >= 15 is 0 Å². The minimum Gasteiger partial charge on any atom is -0.388 e. The van der Waals surface area contributed by atoms with E-state index in [2.05, 4.69) is 0 Å². The molecule has 0 radical (unpaired) electrons. The average molecular weight is 278 g/mol. The Bertz CT molecular complexity index is 480. The van der Waals surface area contributed by atoms with Gasteiger partial charge in [0.15, 0.2) is 0 Å². The molecule has 2 nitrogen and oxygen atoms in total. The van der Waals surface area contributed by atoms with Gasteiger partial charge in [0.1, 0.15) is 5.82 Å². The molecule has 3 heteroatoms. The molecule has 0 bridgehead atoms. The lowest BCUT2D eigenvalue weighted by atomic mass is 9.79. The van der Waals surface area contributed by atoms with E-state index in [9.17, 15) is 9.50 Å². The molecule has 20 heavy (non-hydrogen) atoms. The third kappa shape index (κ3) is 2.61. The van der Waals surface area contributed by atoms with Gasteiger partial charge >= 0.3 is 0 Å². The molecule has 3 rings (SSSR count). The summed E-state index contributed by atoms with van der Waals surface area (Å²) in [7, 11) is 0. The maximum Gasteiger partial charge on any atom is 0.126 e. The van der Waals surface area contributed by atoms with Crippen LogP contribution in [0.4, 0.5) is 4.39 Å². The summed E-state index contributed by atoms with van der Waals surface area (Å²) in [6.07, 6.45) is 6.04. The van der Waals surface area contributed by atoms with E-state index in [1.807, 2.05) is 0 Å². The summed E-state index contributed by atoms with van der Waals surface area (Å²) in [6, 6.07) is 4.94. The molecule has 1 aliphatic heterocycles. The number of halogens is 1. The Balaban J connectivity index is 1.75. The summed E-state index contributed by atoms with van der Waals surface area (Å²) in [5.41, 5.74) is 1.45. The molecule has 0 aromatic heterocycles. The van der Waals surface area contributed by atoms with Gasteiger partial charge in [0.25, 0.3) is 0 Å².